The van der Waals surface area contributed by atoms with Crippen molar-refractivity contribution in [1.82, 2.24) is 4.90 Å². The molecule has 0 bridgehead atoms. The summed E-state index contributed by atoms with van der Waals surface area (Å²) in [4.78, 5) is 29.7. The maximum absolute atomic E-state index is 13.7. The Bertz CT molecular complexity index is 1530. The lowest BCUT2D eigenvalue weighted by Gasteiger charge is -2.44. The van der Waals surface area contributed by atoms with Crippen LogP contribution in [-0.2, 0) is 22.6 Å². The molecular weight excluding hydrogens is 546 g/mol. The predicted molar refractivity (Wildman–Crippen MR) is 165 cm³/mol. The van der Waals surface area contributed by atoms with Crippen molar-refractivity contribution in [3.05, 3.63) is 117 Å². The van der Waals surface area contributed by atoms with E-state index in [0.29, 0.717) is 36.0 Å². The van der Waals surface area contributed by atoms with Crippen LogP contribution in [-0.4, -0.2) is 30.1 Å². The zero-order valence-electron chi connectivity index (χ0n) is 24.3. The van der Waals surface area contributed by atoms with Gasteiger partial charge < -0.3 is 14.4 Å². The number of aryl methyl sites for hydroxylation is 1. The van der Waals surface area contributed by atoms with Crippen LogP contribution in [0.3, 0.4) is 0 Å². The van der Waals surface area contributed by atoms with Gasteiger partial charge in [-0.25, -0.2) is 0 Å². The Morgan fingerprint density at radius 3 is 2.10 bits per heavy atom. The second-order valence-corrected chi connectivity index (χ2v) is 11.8. The lowest BCUT2D eigenvalue weighted by molar-refractivity contribution is -0.117. The van der Waals surface area contributed by atoms with Gasteiger partial charge in [0, 0.05) is 47.8 Å². The smallest absolute Gasteiger partial charge is 0.180 e. The monoisotopic (exact) mass is 581 g/mol. The highest BCUT2D eigenvalue weighted by molar-refractivity contribution is 6.32. The van der Waals surface area contributed by atoms with E-state index in [-0.39, 0.29) is 11.6 Å². The molecule has 0 fully saturated rings. The molecule has 3 aromatic rings. The number of hydrogen-bond donors (Lipinski definition) is 0. The molecule has 0 saturated carbocycles. The fourth-order valence-corrected chi connectivity index (χ4v) is 6.87. The zero-order valence-corrected chi connectivity index (χ0v) is 25.0. The number of rotatable bonds is 8. The summed E-state index contributed by atoms with van der Waals surface area (Å²) < 4.78 is 11.9. The summed E-state index contributed by atoms with van der Waals surface area (Å²) in [5.41, 5.74) is 7.87. The summed E-state index contributed by atoms with van der Waals surface area (Å²) in [7, 11) is 1.59. The third kappa shape index (κ3) is 5.50. The van der Waals surface area contributed by atoms with Crippen molar-refractivity contribution in [1.29, 1.82) is 0 Å². The summed E-state index contributed by atoms with van der Waals surface area (Å²) in [6.07, 6.45) is 5.09. The minimum absolute atomic E-state index is 0.116. The molecule has 0 N–H and O–H groups in total. The molecule has 3 aliphatic rings. The van der Waals surface area contributed by atoms with Crippen molar-refractivity contribution in [3.8, 4) is 11.5 Å². The summed E-state index contributed by atoms with van der Waals surface area (Å²) in [5.74, 6) is 0.724. The van der Waals surface area contributed by atoms with E-state index >= 15 is 0 Å². The van der Waals surface area contributed by atoms with E-state index in [2.05, 4.69) is 29.2 Å². The predicted octanol–water partition coefficient (Wildman–Crippen LogP) is 7.89. The van der Waals surface area contributed by atoms with Crippen molar-refractivity contribution in [2.75, 3.05) is 13.7 Å². The van der Waals surface area contributed by atoms with Gasteiger partial charge in [0.25, 0.3) is 0 Å². The molecule has 6 heteroatoms. The van der Waals surface area contributed by atoms with Gasteiger partial charge in [-0.15, -0.1) is 0 Å². The molecule has 3 aromatic carbocycles. The Morgan fingerprint density at radius 1 is 0.833 bits per heavy atom. The molecule has 0 atom stereocenters. The highest BCUT2D eigenvalue weighted by Gasteiger charge is 2.43. The van der Waals surface area contributed by atoms with Crippen LogP contribution in [0.1, 0.15) is 66.7 Å². The van der Waals surface area contributed by atoms with Gasteiger partial charge in [-0.2, -0.15) is 0 Å². The van der Waals surface area contributed by atoms with E-state index < -0.39 is 5.92 Å². The lowest BCUT2D eigenvalue weighted by Crippen LogP contribution is -2.40. The number of ether oxygens (including phenoxy) is 2. The van der Waals surface area contributed by atoms with Gasteiger partial charge in [0.05, 0.1) is 12.1 Å². The third-order valence-electron chi connectivity index (χ3n) is 8.64. The summed E-state index contributed by atoms with van der Waals surface area (Å²) in [5, 5.41) is 0.402. The van der Waals surface area contributed by atoms with E-state index in [1.54, 1.807) is 7.11 Å². The fraction of sp³-hybridized carbons (Fsp3) is 0.333. The van der Waals surface area contributed by atoms with Gasteiger partial charge in [0.1, 0.15) is 6.61 Å². The van der Waals surface area contributed by atoms with Gasteiger partial charge in [-0.1, -0.05) is 71.8 Å². The van der Waals surface area contributed by atoms with E-state index in [1.807, 2.05) is 49.4 Å². The molecule has 0 radical (unpaired) electrons. The van der Waals surface area contributed by atoms with Crippen LogP contribution in [0, 0.1) is 6.92 Å². The fourth-order valence-electron chi connectivity index (χ4n) is 6.59. The van der Waals surface area contributed by atoms with E-state index in [4.69, 9.17) is 21.1 Å². The molecule has 0 unspecified atom stereocenters. The Labute approximate surface area is 252 Å². The Morgan fingerprint density at radius 2 is 1.48 bits per heavy atom. The van der Waals surface area contributed by atoms with Crippen molar-refractivity contribution in [3.63, 3.8) is 0 Å². The van der Waals surface area contributed by atoms with Gasteiger partial charge in [-0.3, -0.25) is 9.59 Å². The maximum atomic E-state index is 13.7. The van der Waals surface area contributed by atoms with Crippen molar-refractivity contribution >= 4 is 23.2 Å². The molecule has 0 spiro atoms. The lowest BCUT2D eigenvalue weighted by atomic mass is 9.71. The number of allylic oxidation sites excluding steroid dienone is 4. The number of hydrogen-bond acceptors (Lipinski definition) is 5. The van der Waals surface area contributed by atoms with Gasteiger partial charge >= 0.3 is 0 Å². The Balaban J connectivity index is 1.40. The second-order valence-electron chi connectivity index (χ2n) is 11.4. The van der Waals surface area contributed by atoms with Crippen LogP contribution in [0.4, 0.5) is 0 Å². The third-order valence-corrected chi connectivity index (χ3v) is 8.92. The first kappa shape index (κ1) is 28.3. The van der Waals surface area contributed by atoms with Crippen molar-refractivity contribution < 1.29 is 19.1 Å². The minimum Gasteiger partial charge on any atom is -0.493 e. The average Bonchev–Trinajstić information content (AvgIpc) is 3.00. The van der Waals surface area contributed by atoms with E-state index in [9.17, 15) is 9.59 Å². The molecular formula is C36H36ClNO4. The number of nitrogens with zero attached hydrogens (tertiary/aromatic N) is 1. The molecule has 5 nitrogen and oxygen atoms in total. The highest BCUT2D eigenvalue weighted by atomic mass is 35.5. The van der Waals surface area contributed by atoms with Crippen LogP contribution in [0.15, 0.2) is 89.3 Å². The quantitative estimate of drug-likeness (QED) is 0.271. The summed E-state index contributed by atoms with van der Waals surface area (Å²) in [6.45, 7) is 3.13. The van der Waals surface area contributed by atoms with Crippen molar-refractivity contribution in [2.24, 2.45) is 0 Å². The van der Waals surface area contributed by atoms with Crippen molar-refractivity contribution in [2.45, 2.75) is 64.4 Å². The molecule has 1 aliphatic heterocycles. The molecule has 2 aliphatic carbocycles. The molecule has 6 rings (SSSR count). The summed E-state index contributed by atoms with van der Waals surface area (Å²) >= 11 is 6.88. The number of carbonyl (C=O) groups is 2. The van der Waals surface area contributed by atoms with Gasteiger partial charge in [0.15, 0.2) is 23.1 Å². The summed E-state index contributed by atoms with van der Waals surface area (Å²) in [6, 6.07) is 22.3. The van der Waals surface area contributed by atoms with Crippen LogP contribution in [0.2, 0.25) is 5.02 Å². The van der Waals surface area contributed by atoms with Gasteiger partial charge in [-0.05, 0) is 67.9 Å². The van der Waals surface area contributed by atoms with Gasteiger partial charge in [0.2, 0.25) is 0 Å². The average molecular weight is 582 g/mol. The normalized spacial score (nSPS) is 17.4. The van der Waals surface area contributed by atoms with E-state index in [1.165, 1.54) is 11.1 Å². The molecule has 0 aromatic heterocycles. The minimum atomic E-state index is -0.457. The zero-order chi connectivity index (χ0) is 29.2. The Hall–Kier alpha value is -3.83. The van der Waals surface area contributed by atoms with Crippen LogP contribution in [0.25, 0.3) is 0 Å². The highest BCUT2D eigenvalue weighted by Crippen LogP contribution is 2.51. The molecule has 216 valence electrons. The number of ketones is 2. The first-order valence-electron chi connectivity index (χ1n) is 14.8. The second kappa shape index (κ2) is 12.2. The molecule has 1 heterocycles. The number of halogens is 1. The number of carbonyl (C=O) groups excluding carboxylic acids is 2. The standard InChI is InChI=1S/C36H36ClNO4/c1-23-14-16-25(17-15-23)22-42-36-27(37)20-26(21-32(36)41-2)33-34-28(10-6-12-30(34)39)38(19-18-24-8-4-3-5-9-24)29-11-7-13-31(40)35(29)33/h3-5,8-9,14-17,20-21,33H,6-7,10-13,18-19,22H2,1-2H3. The van der Waals surface area contributed by atoms with Crippen LogP contribution < -0.4 is 9.47 Å². The molecule has 42 heavy (non-hydrogen) atoms. The van der Waals surface area contributed by atoms with Crippen LogP contribution >= 0.6 is 11.6 Å². The maximum Gasteiger partial charge on any atom is 0.180 e. The molecule has 0 amide bonds. The number of benzene rings is 3. The first-order chi connectivity index (χ1) is 20.4. The number of Topliss-reactive ketones (excluding diaryl/α,β-unsaturated/α-hetero) is 2. The largest absolute Gasteiger partial charge is 0.493 e. The number of methoxy groups -OCH3 is 1. The SMILES string of the molecule is COc1cc(C2C3=C(CCCC3=O)N(CCc3ccccc3)C3=C2C(=O)CCC3)cc(Cl)c1OCc1ccc(C)cc1. The Kier molecular flexibility index (Phi) is 8.21. The topological polar surface area (TPSA) is 55.8 Å². The van der Waals surface area contributed by atoms with E-state index in [0.717, 1.165) is 72.3 Å². The first-order valence-corrected chi connectivity index (χ1v) is 15.2. The molecule has 0 saturated heterocycles. The van der Waals surface area contributed by atoms with Crippen LogP contribution in [0.5, 0.6) is 11.5 Å².